The van der Waals surface area contributed by atoms with Gasteiger partial charge in [0.05, 0.1) is 0 Å². The van der Waals surface area contributed by atoms with Crippen molar-refractivity contribution < 1.29 is 18.9 Å². The summed E-state index contributed by atoms with van der Waals surface area (Å²) in [6, 6.07) is 21.1. The van der Waals surface area contributed by atoms with E-state index in [1.54, 1.807) is 14.2 Å². The molecule has 0 fully saturated rings. The highest BCUT2D eigenvalue weighted by molar-refractivity contribution is 6.11. The molecule has 34 heavy (non-hydrogen) atoms. The Balaban J connectivity index is 2.13. The van der Waals surface area contributed by atoms with E-state index in [-0.39, 0.29) is 13.6 Å². The van der Waals surface area contributed by atoms with Gasteiger partial charge in [0, 0.05) is 64.9 Å². The van der Waals surface area contributed by atoms with Crippen LogP contribution in [0.3, 0.4) is 0 Å². The normalized spacial score (nSPS) is 11.1. The van der Waals surface area contributed by atoms with Gasteiger partial charge >= 0.3 is 0 Å². The van der Waals surface area contributed by atoms with Crippen molar-refractivity contribution in [1.29, 1.82) is 0 Å². The van der Waals surface area contributed by atoms with Gasteiger partial charge in [0.2, 0.25) is 0 Å². The highest BCUT2D eigenvalue weighted by Crippen LogP contribution is 2.46. The average molecular weight is 461 g/mol. The van der Waals surface area contributed by atoms with Crippen molar-refractivity contribution >= 4 is 32.9 Å². The number of nitrogens with zero attached hydrogens (tertiary/aromatic N) is 2. The van der Waals surface area contributed by atoms with Gasteiger partial charge in [-0.2, -0.15) is 0 Å². The summed E-state index contributed by atoms with van der Waals surface area (Å²) in [7, 11) is 11.4. The zero-order valence-electron chi connectivity index (χ0n) is 20.7. The maximum Gasteiger partial charge on any atom is 0.188 e. The van der Waals surface area contributed by atoms with Gasteiger partial charge in [-0.05, 0) is 57.9 Å². The largest absolute Gasteiger partial charge is 0.467 e. The number of rotatable bonds is 9. The summed E-state index contributed by atoms with van der Waals surface area (Å²) >= 11 is 0. The van der Waals surface area contributed by atoms with Gasteiger partial charge in [0.25, 0.3) is 0 Å². The summed E-state index contributed by atoms with van der Waals surface area (Å²) in [6.45, 7) is 0.293. The molecule has 4 aromatic rings. The second-order valence-electron chi connectivity index (χ2n) is 8.58. The average Bonchev–Trinajstić information content (AvgIpc) is 2.84. The standard InChI is InChI=1S/C28H32N2O4/c1-29(2)21-11-7-19-9-13-25(33-17-31-5)27(23(19)15-21)28-24-16-22(30(3)4)12-8-20(24)10-14-26(28)34-18-32-6/h7-16H,17-18H2,1-6H3. The van der Waals surface area contributed by atoms with E-state index in [1.165, 1.54) is 0 Å². The topological polar surface area (TPSA) is 43.4 Å². The molecule has 4 rings (SSSR count). The molecule has 4 aromatic carbocycles. The monoisotopic (exact) mass is 460 g/mol. The van der Waals surface area contributed by atoms with Crippen molar-refractivity contribution in [3.63, 3.8) is 0 Å². The lowest BCUT2D eigenvalue weighted by Gasteiger charge is -2.21. The van der Waals surface area contributed by atoms with Crippen LogP contribution in [0.1, 0.15) is 0 Å². The molecule has 0 N–H and O–H groups in total. The molecule has 0 aliphatic heterocycles. The molecule has 0 aliphatic rings. The van der Waals surface area contributed by atoms with E-state index in [1.807, 2.05) is 40.3 Å². The van der Waals surface area contributed by atoms with Crippen molar-refractivity contribution in [3.05, 3.63) is 60.7 Å². The van der Waals surface area contributed by atoms with E-state index in [4.69, 9.17) is 18.9 Å². The van der Waals surface area contributed by atoms with E-state index in [0.29, 0.717) is 0 Å². The summed E-state index contributed by atoms with van der Waals surface area (Å²) in [5.74, 6) is 1.46. The summed E-state index contributed by atoms with van der Waals surface area (Å²) in [4.78, 5) is 4.20. The van der Waals surface area contributed by atoms with Crippen LogP contribution in [-0.2, 0) is 9.47 Å². The van der Waals surface area contributed by atoms with Crippen LogP contribution in [0.15, 0.2) is 60.7 Å². The number of benzene rings is 4. The number of hydrogen-bond acceptors (Lipinski definition) is 6. The first-order valence-corrected chi connectivity index (χ1v) is 11.2. The van der Waals surface area contributed by atoms with Crippen molar-refractivity contribution in [1.82, 2.24) is 0 Å². The molecule has 0 radical (unpaired) electrons. The van der Waals surface area contributed by atoms with Crippen LogP contribution < -0.4 is 19.3 Å². The van der Waals surface area contributed by atoms with Gasteiger partial charge in [-0.1, -0.05) is 24.3 Å². The second kappa shape index (κ2) is 10.2. The number of hydrogen-bond donors (Lipinski definition) is 0. The summed E-state index contributed by atoms with van der Waals surface area (Å²) in [5.41, 5.74) is 4.13. The lowest BCUT2D eigenvalue weighted by Crippen LogP contribution is -2.09. The van der Waals surface area contributed by atoms with E-state index in [9.17, 15) is 0 Å². The van der Waals surface area contributed by atoms with E-state index >= 15 is 0 Å². The first-order chi connectivity index (χ1) is 16.4. The fourth-order valence-electron chi connectivity index (χ4n) is 4.13. The van der Waals surface area contributed by atoms with E-state index < -0.39 is 0 Å². The fraction of sp³-hybridized carbons (Fsp3) is 0.286. The molecule has 0 spiro atoms. The summed E-state index contributed by atoms with van der Waals surface area (Å²) in [5, 5.41) is 4.38. The zero-order chi connectivity index (χ0) is 24.2. The summed E-state index contributed by atoms with van der Waals surface area (Å²) in [6.07, 6.45) is 0. The molecule has 0 aliphatic carbocycles. The third-order valence-corrected chi connectivity index (χ3v) is 5.88. The minimum atomic E-state index is 0.147. The second-order valence-corrected chi connectivity index (χ2v) is 8.58. The lowest BCUT2D eigenvalue weighted by atomic mass is 9.91. The maximum atomic E-state index is 6.10. The van der Waals surface area contributed by atoms with Gasteiger partial charge in [-0.3, -0.25) is 0 Å². The Morgan fingerprint density at radius 2 is 0.941 bits per heavy atom. The fourth-order valence-corrected chi connectivity index (χ4v) is 4.13. The highest BCUT2D eigenvalue weighted by Gasteiger charge is 2.20. The van der Waals surface area contributed by atoms with Crippen LogP contribution in [0.2, 0.25) is 0 Å². The van der Waals surface area contributed by atoms with Gasteiger partial charge in [0.15, 0.2) is 13.6 Å². The third kappa shape index (κ3) is 4.60. The van der Waals surface area contributed by atoms with Crippen molar-refractivity contribution in [2.75, 3.05) is 65.8 Å². The molecule has 0 amide bonds. The first kappa shape index (κ1) is 23.7. The van der Waals surface area contributed by atoms with Crippen molar-refractivity contribution in [3.8, 4) is 22.6 Å². The molecular weight excluding hydrogens is 428 g/mol. The van der Waals surface area contributed by atoms with Gasteiger partial charge in [-0.25, -0.2) is 0 Å². The van der Waals surface area contributed by atoms with Crippen LogP contribution >= 0.6 is 0 Å². The number of methoxy groups -OCH3 is 2. The zero-order valence-corrected chi connectivity index (χ0v) is 20.7. The van der Waals surface area contributed by atoms with Crippen LogP contribution in [0.5, 0.6) is 11.5 Å². The van der Waals surface area contributed by atoms with Gasteiger partial charge in [-0.15, -0.1) is 0 Å². The highest BCUT2D eigenvalue weighted by atomic mass is 16.7. The molecule has 0 heterocycles. The van der Waals surface area contributed by atoms with Crippen molar-refractivity contribution in [2.24, 2.45) is 0 Å². The van der Waals surface area contributed by atoms with Crippen LogP contribution in [-0.4, -0.2) is 56.0 Å². The van der Waals surface area contributed by atoms with E-state index in [2.05, 4.69) is 58.3 Å². The molecule has 0 unspecified atom stereocenters. The maximum absolute atomic E-state index is 6.10. The molecule has 0 atom stereocenters. The Labute approximate surface area is 201 Å². The third-order valence-electron chi connectivity index (χ3n) is 5.88. The summed E-state index contributed by atoms with van der Waals surface area (Å²) < 4.78 is 22.7. The Morgan fingerprint density at radius 3 is 1.29 bits per heavy atom. The quantitative estimate of drug-likeness (QED) is 0.296. The minimum absolute atomic E-state index is 0.147. The molecule has 6 nitrogen and oxygen atoms in total. The number of ether oxygens (including phenoxy) is 4. The number of fused-ring (bicyclic) bond motifs is 2. The van der Waals surface area contributed by atoms with Gasteiger partial charge < -0.3 is 28.7 Å². The Bertz CT molecular complexity index is 1200. The smallest absolute Gasteiger partial charge is 0.188 e. The SMILES string of the molecule is COCOc1ccc2ccc(N(C)C)cc2c1-c1c(OCOC)ccc2ccc(N(C)C)cc12. The molecule has 0 saturated carbocycles. The van der Waals surface area contributed by atoms with E-state index in [0.717, 1.165) is 55.5 Å². The minimum Gasteiger partial charge on any atom is -0.467 e. The molecule has 0 bridgehead atoms. The van der Waals surface area contributed by atoms with Crippen LogP contribution in [0.25, 0.3) is 32.7 Å². The van der Waals surface area contributed by atoms with Gasteiger partial charge in [0.1, 0.15) is 11.5 Å². The Morgan fingerprint density at radius 1 is 0.559 bits per heavy atom. The first-order valence-electron chi connectivity index (χ1n) is 11.2. The Hall–Kier alpha value is -3.48. The predicted octanol–water partition coefficient (Wildman–Crippen LogP) is 5.76. The molecule has 178 valence electrons. The van der Waals surface area contributed by atoms with Crippen molar-refractivity contribution in [2.45, 2.75) is 0 Å². The van der Waals surface area contributed by atoms with Crippen LogP contribution in [0, 0.1) is 0 Å². The lowest BCUT2D eigenvalue weighted by molar-refractivity contribution is 0.0502. The van der Waals surface area contributed by atoms with Crippen LogP contribution in [0.4, 0.5) is 11.4 Å². The number of anilines is 2. The molecule has 6 heteroatoms. The molecule has 0 aromatic heterocycles. The molecule has 0 saturated heterocycles. The predicted molar refractivity (Wildman–Crippen MR) is 141 cm³/mol. The Kier molecular flexibility index (Phi) is 7.10. The molecular formula is C28H32N2O4.